The molecule has 0 saturated carbocycles. The zero-order chi connectivity index (χ0) is 18.5. The molecule has 0 aliphatic heterocycles. The predicted octanol–water partition coefficient (Wildman–Crippen LogP) is 3.94. The molecule has 2 N–H and O–H groups in total. The second-order valence-corrected chi connectivity index (χ2v) is 6.38. The lowest BCUT2D eigenvalue weighted by Gasteiger charge is -2.11. The molecular weight excluding hydrogens is 350 g/mol. The molecule has 0 spiro atoms. The van der Waals surface area contributed by atoms with Crippen LogP contribution in [0.3, 0.4) is 0 Å². The molecule has 0 saturated heterocycles. The minimum atomic E-state index is -0.144. The van der Waals surface area contributed by atoms with Gasteiger partial charge in [-0.2, -0.15) is 0 Å². The Bertz CT molecular complexity index is 952. The Morgan fingerprint density at radius 3 is 2.58 bits per heavy atom. The number of H-pyrrole nitrogens is 1. The summed E-state index contributed by atoms with van der Waals surface area (Å²) < 4.78 is 5.33. The van der Waals surface area contributed by atoms with Crippen LogP contribution >= 0.6 is 11.6 Å². The molecule has 1 heterocycles. The van der Waals surface area contributed by atoms with Crippen molar-refractivity contribution < 1.29 is 4.74 Å². The van der Waals surface area contributed by atoms with E-state index in [9.17, 15) is 4.79 Å². The van der Waals surface area contributed by atoms with E-state index in [4.69, 9.17) is 16.3 Å². The molecule has 134 valence electrons. The van der Waals surface area contributed by atoms with Crippen molar-refractivity contribution in [3.63, 3.8) is 0 Å². The van der Waals surface area contributed by atoms with Gasteiger partial charge in [0.1, 0.15) is 5.75 Å². The number of aryl methyl sites for hydroxylation is 1. The van der Waals surface area contributed by atoms with Crippen LogP contribution in [-0.4, -0.2) is 17.1 Å². The lowest BCUT2D eigenvalue weighted by Crippen LogP contribution is -2.19. The molecule has 0 unspecified atom stereocenters. The average molecular weight is 370 g/mol. The molecule has 0 bridgehead atoms. The van der Waals surface area contributed by atoms with Gasteiger partial charge >= 0.3 is 0 Å². The molecule has 26 heavy (non-hydrogen) atoms. The Labute approximate surface area is 157 Å². The van der Waals surface area contributed by atoms with Crippen molar-refractivity contribution in [3.05, 3.63) is 86.3 Å². The first kappa shape index (κ1) is 18.0. The van der Waals surface area contributed by atoms with Crippen molar-refractivity contribution in [1.82, 2.24) is 9.97 Å². The maximum absolute atomic E-state index is 12.5. The Hall–Kier alpha value is -2.79. The third kappa shape index (κ3) is 4.24. The van der Waals surface area contributed by atoms with E-state index in [-0.39, 0.29) is 5.56 Å². The number of rotatable bonds is 6. The highest BCUT2D eigenvalue weighted by Gasteiger charge is 2.10. The fraction of sp³-hybridized carbons (Fsp3) is 0.200. The molecule has 0 fully saturated rings. The minimum Gasteiger partial charge on any atom is -0.496 e. The summed E-state index contributed by atoms with van der Waals surface area (Å²) in [6.07, 6.45) is 0.512. The monoisotopic (exact) mass is 369 g/mol. The lowest BCUT2D eigenvalue weighted by molar-refractivity contribution is 0.410. The summed E-state index contributed by atoms with van der Waals surface area (Å²) in [6, 6.07) is 15.2. The van der Waals surface area contributed by atoms with Crippen LogP contribution in [0.25, 0.3) is 0 Å². The lowest BCUT2D eigenvalue weighted by atomic mass is 10.1. The van der Waals surface area contributed by atoms with Gasteiger partial charge in [0.25, 0.3) is 5.56 Å². The largest absolute Gasteiger partial charge is 0.496 e. The Balaban J connectivity index is 1.76. The van der Waals surface area contributed by atoms with Crippen LogP contribution in [0.15, 0.2) is 53.3 Å². The predicted molar refractivity (Wildman–Crippen MR) is 104 cm³/mol. The minimum absolute atomic E-state index is 0.144. The van der Waals surface area contributed by atoms with Crippen molar-refractivity contribution in [3.8, 4) is 5.75 Å². The maximum Gasteiger partial charge on any atom is 0.256 e. The zero-order valence-corrected chi connectivity index (χ0v) is 15.4. The van der Waals surface area contributed by atoms with Crippen LogP contribution in [-0.2, 0) is 13.0 Å². The Morgan fingerprint density at radius 2 is 1.88 bits per heavy atom. The van der Waals surface area contributed by atoms with Gasteiger partial charge in [0.05, 0.1) is 12.8 Å². The normalized spacial score (nSPS) is 10.6. The topological polar surface area (TPSA) is 67.0 Å². The van der Waals surface area contributed by atoms with E-state index < -0.39 is 0 Å². The second kappa shape index (κ2) is 8.06. The molecule has 3 rings (SSSR count). The van der Waals surface area contributed by atoms with Crippen LogP contribution in [0.2, 0.25) is 5.02 Å². The average Bonchev–Trinajstić information content (AvgIpc) is 2.64. The summed E-state index contributed by atoms with van der Waals surface area (Å²) in [4.78, 5) is 19.8. The molecule has 0 atom stereocenters. The molecule has 0 amide bonds. The standard InChI is InChI=1S/C20H20ClN3O2/c1-13-17(11-14-7-9-16(21)10-8-14)19(25)24-20(23-13)22-12-15-5-3-4-6-18(15)26-2/h3-10H,11-12H2,1-2H3,(H2,22,23,24,25). The number of benzene rings is 2. The highest BCUT2D eigenvalue weighted by molar-refractivity contribution is 6.30. The molecule has 3 aromatic rings. The molecule has 2 aromatic carbocycles. The van der Waals surface area contributed by atoms with Gasteiger partial charge in [0.15, 0.2) is 0 Å². The fourth-order valence-electron chi connectivity index (χ4n) is 2.74. The van der Waals surface area contributed by atoms with E-state index in [1.165, 1.54) is 0 Å². The maximum atomic E-state index is 12.5. The smallest absolute Gasteiger partial charge is 0.256 e. The number of aromatic nitrogens is 2. The number of ether oxygens (including phenoxy) is 1. The highest BCUT2D eigenvalue weighted by atomic mass is 35.5. The summed E-state index contributed by atoms with van der Waals surface area (Å²) in [5.74, 6) is 1.23. The number of aromatic amines is 1. The molecule has 0 aliphatic rings. The number of hydrogen-bond acceptors (Lipinski definition) is 4. The van der Waals surface area contributed by atoms with Crippen molar-refractivity contribution in [2.75, 3.05) is 12.4 Å². The second-order valence-electron chi connectivity index (χ2n) is 5.95. The third-order valence-corrected chi connectivity index (χ3v) is 4.41. The molecule has 0 radical (unpaired) electrons. The number of hydrogen-bond donors (Lipinski definition) is 2. The first-order chi connectivity index (χ1) is 12.6. The van der Waals surface area contributed by atoms with E-state index in [0.717, 1.165) is 16.9 Å². The summed E-state index contributed by atoms with van der Waals surface area (Å²) in [6.45, 7) is 2.34. The van der Waals surface area contributed by atoms with Gasteiger partial charge in [0.2, 0.25) is 5.95 Å². The van der Waals surface area contributed by atoms with E-state index in [0.29, 0.717) is 35.2 Å². The van der Waals surface area contributed by atoms with Crippen molar-refractivity contribution in [2.24, 2.45) is 0 Å². The Kier molecular flexibility index (Phi) is 5.58. The van der Waals surface area contributed by atoms with E-state index in [2.05, 4.69) is 15.3 Å². The van der Waals surface area contributed by atoms with Crippen molar-refractivity contribution in [2.45, 2.75) is 19.9 Å². The van der Waals surface area contributed by atoms with Gasteiger partial charge in [-0.3, -0.25) is 9.78 Å². The number of halogens is 1. The zero-order valence-electron chi connectivity index (χ0n) is 14.7. The van der Waals surface area contributed by atoms with Gasteiger partial charge < -0.3 is 10.1 Å². The SMILES string of the molecule is COc1ccccc1CNc1nc(C)c(Cc2ccc(Cl)cc2)c(=O)[nH]1. The van der Waals surface area contributed by atoms with Gasteiger partial charge in [-0.15, -0.1) is 0 Å². The molecular formula is C20H20ClN3O2. The van der Waals surface area contributed by atoms with E-state index in [1.54, 1.807) is 7.11 Å². The fourth-order valence-corrected chi connectivity index (χ4v) is 2.86. The summed E-state index contributed by atoms with van der Waals surface area (Å²) in [5, 5.41) is 3.83. The molecule has 0 aliphatic carbocycles. The van der Waals surface area contributed by atoms with Gasteiger partial charge in [-0.1, -0.05) is 41.9 Å². The van der Waals surface area contributed by atoms with Crippen molar-refractivity contribution >= 4 is 17.5 Å². The highest BCUT2D eigenvalue weighted by Crippen LogP contribution is 2.18. The molecule has 6 heteroatoms. The number of nitrogens with one attached hydrogen (secondary N) is 2. The molecule has 5 nitrogen and oxygen atoms in total. The summed E-state index contributed by atoms with van der Waals surface area (Å²) >= 11 is 5.91. The van der Waals surface area contributed by atoms with Crippen LogP contribution in [0.4, 0.5) is 5.95 Å². The van der Waals surface area contributed by atoms with Gasteiger partial charge in [-0.05, 0) is 30.7 Å². The first-order valence-corrected chi connectivity index (χ1v) is 8.64. The quantitative estimate of drug-likeness (QED) is 0.690. The number of para-hydroxylation sites is 1. The van der Waals surface area contributed by atoms with Gasteiger partial charge in [0, 0.05) is 29.1 Å². The summed E-state index contributed by atoms with van der Waals surface area (Å²) in [5.41, 5.74) is 3.21. The summed E-state index contributed by atoms with van der Waals surface area (Å²) in [7, 11) is 1.63. The number of nitrogens with zero attached hydrogens (tertiary/aromatic N) is 1. The number of methoxy groups -OCH3 is 1. The van der Waals surface area contributed by atoms with Crippen LogP contribution in [0.1, 0.15) is 22.4 Å². The first-order valence-electron chi connectivity index (χ1n) is 8.27. The van der Waals surface area contributed by atoms with E-state index in [1.807, 2.05) is 55.5 Å². The van der Waals surface area contributed by atoms with E-state index >= 15 is 0 Å². The Morgan fingerprint density at radius 1 is 1.15 bits per heavy atom. The van der Waals surface area contributed by atoms with Crippen molar-refractivity contribution in [1.29, 1.82) is 0 Å². The third-order valence-electron chi connectivity index (χ3n) is 4.16. The van der Waals surface area contributed by atoms with Crippen LogP contribution in [0, 0.1) is 6.92 Å². The van der Waals surface area contributed by atoms with Gasteiger partial charge in [-0.25, -0.2) is 4.98 Å². The molecule has 1 aromatic heterocycles. The van der Waals surface area contributed by atoms with Crippen LogP contribution < -0.4 is 15.6 Å². The number of anilines is 1. The van der Waals surface area contributed by atoms with Crippen LogP contribution in [0.5, 0.6) is 5.75 Å².